The Bertz CT molecular complexity index is 3490. The number of furan rings is 1. The average molecular weight is 798 g/mol. The molecule has 11 aromatic rings. The van der Waals surface area contributed by atoms with Crippen molar-refractivity contribution in [2.24, 2.45) is 0 Å². The van der Waals surface area contributed by atoms with Crippen molar-refractivity contribution in [3.05, 3.63) is 200 Å². The van der Waals surface area contributed by atoms with Crippen LogP contribution in [-0.4, -0.2) is 24.6 Å². The molecule has 12 rings (SSSR count). The number of nitrogens with zero attached hydrogens (tertiary/aromatic N) is 5. The molecular formula is C56H39N5O. The standard InChI is InChI=1S/C56H39N5O/c1-4-16-36(17-5-1)48-35-57-61-51(38-18-6-2-7-19-38)50(45-25-10-11-26-46(45)52(48)61)37-30-32-40(33-31-37)55-58-54(39-20-8-3-9-21-39)59-56(60-55)42-23-14-22-41(34-42)43-27-15-28-47-44-24-12-13-29-49(44)62-53(43)47/h1-6,8-17,20-35,38H,7,18-19H2. The molecule has 0 N–H and O–H groups in total. The van der Waals surface area contributed by atoms with Gasteiger partial charge in [-0.15, -0.1) is 0 Å². The molecule has 294 valence electrons. The Hall–Kier alpha value is -7.96. The van der Waals surface area contributed by atoms with E-state index in [0.29, 0.717) is 23.4 Å². The van der Waals surface area contributed by atoms with Gasteiger partial charge in [0.1, 0.15) is 11.2 Å². The second-order valence-electron chi connectivity index (χ2n) is 16.1. The second kappa shape index (κ2) is 14.9. The Balaban J connectivity index is 0.995. The van der Waals surface area contributed by atoms with E-state index < -0.39 is 0 Å². The molecule has 62 heavy (non-hydrogen) atoms. The SMILES string of the molecule is C1=CCC(c2c(-c3ccc(-c4nc(-c5ccccc5)nc(-c5cccc(-c6cccc7c6oc6ccccc67)c5)n4)cc3)c3ccccc3c3c(-c4ccccc4)cnn23)CC1. The van der Waals surface area contributed by atoms with E-state index in [9.17, 15) is 0 Å². The molecule has 0 fully saturated rings. The van der Waals surface area contributed by atoms with Gasteiger partial charge in [-0.2, -0.15) is 5.10 Å². The molecule has 7 aromatic carbocycles. The lowest BCUT2D eigenvalue weighted by Gasteiger charge is -2.25. The summed E-state index contributed by atoms with van der Waals surface area (Å²) in [4.78, 5) is 15.4. The number of rotatable bonds is 7. The Morgan fingerprint density at radius 2 is 1.06 bits per heavy atom. The van der Waals surface area contributed by atoms with Crippen molar-refractivity contribution in [2.75, 3.05) is 0 Å². The van der Waals surface area contributed by atoms with Gasteiger partial charge in [0.25, 0.3) is 0 Å². The lowest BCUT2D eigenvalue weighted by atomic mass is 9.84. The van der Waals surface area contributed by atoms with E-state index in [4.69, 9.17) is 24.5 Å². The molecule has 4 aromatic heterocycles. The zero-order valence-corrected chi connectivity index (χ0v) is 33.8. The Morgan fingerprint density at radius 1 is 0.468 bits per heavy atom. The molecule has 0 aliphatic heterocycles. The van der Waals surface area contributed by atoms with Crippen LogP contribution in [0.15, 0.2) is 199 Å². The third-order valence-corrected chi connectivity index (χ3v) is 12.4. The first-order valence-electron chi connectivity index (χ1n) is 21.3. The van der Waals surface area contributed by atoms with E-state index in [0.717, 1.165) is 85.7 Å². The van der Waals surface area contributed by atoms with Gasteiger partial charge < -0.3 is 4.42 Å². The number of hydrogen-bond donors (Lipinski definition) is 0. The first-order chi connectivity index (χ1) is 30.7. The number of aromatic nitrogens is 5. The summed E-state index contributed by atoms with van der Waals surface area (Å²) in [6.07, 6.45) is 9.79. The van der Waals surface area contributed by atoms with E-state index in [1.54, 1.807) is 0 Å². The van der Waals surface area contributed by atoms with Crippen molar-refractivity contribution in [1.82, 2.24) is 24.6 Å². The van der Waals surface area contributed by atoms with Crippen LogP contribution in [0, 0.1) is 0 Å². The predicted molar refractivity (Wildman–Crippen MR) is 252 cm³/mol. The summed E-state index contributed by atoms with van der Waals surface area (Å²) in [7, 11) is 0. The molecule has 0 bridgehead atoms. The van der Waals surface area contributed by atoms with Crippen molar-refractivity contribution in [1.29, 1.82) is 0 Å². The lowest BCUT2D eigenvalue weighted by molar-refractivity contribution is 0.586. The normalized spacial score (nSPS) is 14.0. The fourth-order valence-electron chi connectivity index (χ4n) is 9.43. The minimum Gasteiger partial charge on any atom is -0.455 e. The summed E-state index contributed by atoms with van der Waals surface area (Å²) in [5.41, 5.74) is 13.6. The van der Waals surface area contributed by atoms with Crippen molar-refractivity contribution >= 4 is 38.2 Å². The molecule has 6 heteroatoms. The van der Waals surface area contributed by atoms with Crippen LogP contribution in [0.2, 0.25) is 0 Å². The largest absolute Gasteiger partial charge is 0.455 e. The van der Waals surface area contributed by atoms with Crippen LogP contribution in [0.1, 0.15) is 30.9 Å². The summed E-state index contributed by atoms with van der Waals surface area (Å²) < 4.78 is 8.68. The molecule has 1 aliphatic carbocycles. The zero-order valence-electron chi connectivity index (χ0n) is 33.8. The van der Waals surface area contributed by atoms with E-state index in [2.05, 4.69) is 150 Å². The molecular weight excluding hydrogens is 759 g/mol. The van der Waals surface area contributed by atoms with Gasteiger partial charge in [0.05, 0.1) is 17.4 Å². The highest BCUT2D eigenvalue weighted by Gasteiger charge is 2.26. The number of allylic oxidation sites excluding steroid dienone is 2. The van der Waals surface area contributed by atoms with Crippen LogP contribution in [0.25, 0.3) is 106 Å². The zero-order chi connectivity index (χ0) is 41.0. The number of fused-ring (bicyclic) bond motifs is 6. The monoisotopic (exact) mass is 797 g/mol. The van der Waals surface area contributed by atoms with Gasteiger partial charge in [-0.3, -0.25) is 0 Å². The fraction of sp³-hybridized carbons (Fsp3) is 0.0714. The first-order valence-corrected chi connectivity index (χ1v) is 21.3. The van der Waals surface area contributed by atoms with Gasteiger partial charge >= 0.3 is 0 Å². The third kappa shape index (κ3) is 6.10. The maximum Gasteiger partial charge on any atom is 0.164 e. The highest BCUT2D eigenvalue weighted by Crippen LogP contribution is 2.44. The van der Waals surface area contributed by atoms with Crippen LogP contribution in [0.5, 0.6) is 0 Å². The van der Waals surface area contributed by atoms with Gasteiger partial charge in [0, 0.05) is 55.5 Å². The summed E-state index contributed by atoms with van der Waals surface area (Å²) in [5.74, 6) is 2.16. The third-order valence-electron chi connectivity index (χ3n) is 12.4. The summed E-state index contributed by atoms with van der Waals surface area (Å²) in [6.45, 7) is 0. The number of hydrogen-bond acceptors (Lipinski definition) is 5. The predicted octanol–water partition coefficient (Wildman–Crippen LogP) is 14.4. The summed E-state index contributed by atoms with van der Waals surface area (Å²) in [5, 5.41) is 9.77. The maximum atomic E-state index is 6.44. The highest BCUT2D eigenvalue weighted by molar-refractivity contribution is 6.11. The Kier molecular flexibility index (Phi) is 8.66. The Morgan fingerprint density at radius 3 is 1.82 bits per heavy atom. The van der Waals surface area contributed by atoms with Gasteiger partial charge in [-0.25, -0.2) is 19.5 Å². The second-order valence-corrected chi connectivity index (χ2v) is 16.1. The number of pyridine rings is 1. The lowest BCUT2D eigenvalue weighted by Crippen LogP contribution is -2.11. The van der Waals surface area contributed by atoms with Crippen molar-refractivity contribution < 1.29 is 4.42 Å². The molecule has 4 heterocycles. The smallest absolute Gasteiger partial charge is 0.164 e. The topological polar surface area (TPSA) is 69.1 Å². The molecule has 0 amide bonds. The first kappa shape index (κ1) is 35.9. The van der Waals surface area contributed by atoms with Crippen LogP contribution >= 0.6 is 0 Å². The van der Waals surface area contributed by atoms with E-state index in [1.165, 1.54) is 27.6 Å². The van der Waals surface area contributed by atoms with Crippen molar-refractivity contribution in [3.8, 4) is 67.5 Å². The quantitative estimate of drug-likeness (QED) is 0.150. The highest BCUT2D eigenvalue weighted by atomic mass is 16.3. The van der Waals surface area contributed by atoms with E-state index in [-0.39, 0.29) is 0 Å². The molecule has 0 saturated heterocycles. The summed E-state index contributed by atoms with van der Waals surface area (Å²) >= 11 is 0. The van der Waals surface area contributed by atoms with Gasteiger partial charge in [-0.05, 0) is 53.5 Å². The Labute approximate surface area is 358 Å². The minimum absolute atomic E-state index is 0.319. The van der Waals surface area contributed by atoms with E-state index >= 15 is 0 Å². The van der Waals surface area contributed by atoms with Crippen LogP contribution in [0.4, 0.5) is 0 Å². The van der Waals surface area contributed by atoms with Gasteiger partial charge in [0.15, 0.2) is 17.5 Å². The molecule has 0 saturated carbocycles. The molecule has 1 atom stereocenters. The van der Waals surface area contributed by atoms with Gasteiger partial charge in [0.2, 0.25) is 0 Å². The molecule has 0 radical (unpaired) electrons. The molecule has 1 unspecified atom stereocenters. The number of benzene rings is 7. The van der Waals surface area contributed by atoms with Crippen LogP contribution in [-0.2, 0) is 0 Å². The van der Waals surface area contributed by atoms with Gasteiger partial charge in [-0.1, -0.05) is 176 Å². The molecule has 1 aliphatic rings. The minimum atomic E-state index is 0.319. The van der Waals surface area contributed by atoms with Crippen molar-refractivity contribution in [3.63, 3.8) is 0 Å². The fourth-order valence-corrected chi connectivity index (χ4v) is 9.43. The van der Waals surface area contributed by atoms with E-state index in [1.807, 2.05) is 48.7 Å². The van der Waals surface area contributed by atoms with Crippen LogP contribution in [0.3, 0.4) is 0 Å². The average Bonchev–Trinajstić information content (AvgIpc) is 3.97. The summed E-state index contributed by atoms with van der Waals surface area (Å²) in [6, 6.07) is 61.3. The van der Waals surface area contributed by atoms with Crippen LogP contribution < -0.4 is 0 Å². The molecule has 6 nitrogen and oxygen atoms in total. The molecule has 0 spiro atoms. The number of para-hydroxylation sites is 2. The van der Waals surface area contributed by atoms with Crippen molar-refractivity contribution in [2.45, 2.75) is 25.2 Å². The maximum absolute atomic E-state index is 6.44.